The zero-order valence-corrected chi connectivity index (χ0v) is 10.4. The highest BCUT2D eigenvalue weighted by atomic mass is 127. The molecule has 2 rings (SSSR count). The van der Waals surface area contributed by atoms with Crippen LogP contribution in [0.2, 0.25) is 0 Å². The third-order valence-corrected chi connectivity index (χ3v) is 4.10. The molecule has 0 bridgehead atoms. The van der Waals surface area contributed by atoms with Crippen LogP contribution < -0.4 is 0 Å². The number of halogens is 1. The molecule has 1 saturated heterocycles. The monoisotopic (exact) mass is 302 g/mol. The first-order valence-corrected chi connectivity index (χ1v) is 6.65. The van der Waals surface area contributed by atoms with E-state index in [2.05, 4.69) is 52.9 Å². The fourth-order valence-corrected chi connectivity index (χ4v) is 3.05. The van der Waals surface area contributed by atoms with E-state index in [0.29, 0.717) is 0 Å². The van der Waals surface area contributed by atoms with E-state index in [4.69, 9.17) is 4.74 Å². The molecule has 1 nitrogen and oxygen atoms in total. The topological polar surface area (TPSA) is 9.23 Å². The van der Waals surface area contributed by atoms with Crippen molar-refractivity contribution < 1.29 is 4.74 Å². The van der Waals surface area contributed by atoms with Crippen LogP contribution in [-0.4, -0.2) is 11.0 Å². The summed E-state index contributed by atoms with van der Waals surface area (Å²) in [6.07, 6.45) is 3.67. The number of benzene rings is 1. The number of rotatable bonds is 2. The second kappa shape index (κ2) is 4.62. The van der Waals surface area contributed by atoms with Crippen LogP contribution in [0.4, 0.5) is 0 Å². The molecule has 1 aliphatic rings. The van der Waals surface area contributed by atoms with Crippen LogP contribution in [-0.2, 0) is 10.3 Å². The minimum absolute atomic E-state index is 0.0000694. The predicted octanol–water partition coefficient (Wildman–Crippen LogP) is 3.52. The molecule has 1 atom stereocenters. The highest BCUT2D eigenvalue weighted by Crippen LogP contribution is 2.36. The van der Waals surface area contributed by atoms with Crippen molar-refractivity contribution in [3.8, 4) is 0 Å². The SMILES string of the molecule is ICC1(c2ccccc2)CCCCO1. The molecule has 0 radical (unpaired) electrons. The second-order valence-corrected chi connectivity index (χ2v) is 4.56. The van der Waals surface area contributed by atoms with Gasteiger partial charge in [-0.25, -0.2) is 0 Å². The molecule has 14 heavy (non-hydrogen) atoms. The van der Waals surface area contributed by atoms with Gasteiger partial charge in [0.2, 0.25) is 0 Å². The van der Waals surface area contributed by atoms with Gasteiger partial charge in [-0.3, -0.25) is 0 Å². The molecule has 0 saturated carbocycles. The van der Waals surface area contributed by atoms with E-state index in [0.717, 1.165) is 11.0 Å². The van der Waals surface area contributed by atoms with Gasteiger partial charge in [0.05, 0.1) is 0 Å². The fourth-order valence-electron chi connectivity index (χ4n) is 2.00. The molecule has 0 aromatic heterocycles. The lowest BCUT2D eigenvalue weighted by Gasteiger charge is -2.36. The maximum Gasteiger partial charge on any atom is 0.102 e. The van der Waals surface area contributed by atoms with Gasteiger partial charge in [-0.05, 0) is 24.8 Å². The minimum Gasteiger partial charge on any atom is -0.369 e. The average molecular weight is 302 g/mol. The van der Waals surface area contributed by atoms with E-state index >= 15 is 0 Å². The van der Waals surface area contributed by atoms with Crippen LogP contribution in [0.3, 0.4) is 0 Å². The molecule has 1 aromatic carbocycles. The first-order chi connectivity index (χ1) is 6.87. The van der Waals surface area contributed by atoms with Crippen molar-refractivity contribution in [2.45, 2.75) is 24.9 Å². The molecule has 0 N–H and O–H groups in total. The molecule has 0 amide bonds. The Kier molecular flexibility index (Phi) is 3.44. The first-order valence-electron chi connectivity index (χ1n) is 5.13. The van der Waals surface area contributed by atoms with Crippen molar-refractivity contribution in [1.29, 1.82) is 0 Å². The van der Waals surface area contributed by atoms with E-state index in [1.54, 1.807) is 0 Å². The highest BCUT2D eigenvalue weighted by Gasteiger charge is 2.33. The van der Waals surface area contributed by atoms with Crippen molar-refractivity contribution in [3.63, 3.8) is 0 Å². The summed E-state index contributed by atoms with van der Waals surface area (Å²) in [4.78, 5) is 0. The largest absolute Gasteiger partial charge is 0.369 e. The molecular weight excluding hydrogens is 287 g/mol. The maximum atomic E-state index is 5.99. The number of hydrogen-bond acceptors (Lipinski definition) is 1. The number of hydrogen-bond donors (Lipinski definition) is 0. The lowest BCUT2D eigenvalue weighted by molar-refractivity contribution is -0.0642. The summed E-state index contributed by atoms with van der Waals surface area (Å²) >= 11 is 2.44. The van der Waals surface area contributed by atoms with Crippen LogP contribution in [0, 0.1) is 0 Å². The molecule has 1 aromatic rings. The third kappa shape index (κ3) is 1.96. The van der Waals surface area contributed by atoms with E-state index in [1.165, 1.54) is 24.8 Å². The molecule has 1 aliphatic heterocycles. The molecule has 1 unspecified atom stereocenters. The standard InChI is InChI=1S/C12H15IO/c13-10-12(8-4-5-9-14-12)11-6-2-1-3-7-11/h1-3,6-7H,4-5,8-10H2. The minimum atomic E-state index is 0.0000694. The van der Waals surface area contributed by atoms with E-state index < -0.39 is 0 Å². The molecule has 1 heterocycles. The molecule has 0 spiro atoms. The van der Waals surface area contributed by atoms with Crippen molar-refractivity contribution in [1.82, 2.24) is 0 Å². The van der Waals surface area contributed by atoms with E-state index in [1.807, 2.05) is 0 Å². The Morgan fingerprint density at radius 2 is 2.00 bits per heavy atom. The molecule has 2 heteroatoms. The fraction of sp³-hybridized carbons (Fsp3) is 0.500. The Hall–Kier alpha value is -0.0900. The zero-order chi connectivity index (χ0) is 9.86. The Labute approximate surface area is 99.0 Å². The van der Waals surface area contributed by atoms with Crippen LogP contribution >= 0.6 is 22.6 Å². The summed E-state index contributed by atoms with van der Waals surface area (Å²) in [5, 5.41) is 0. The highest BCUT2D eigenvalue weighted by molar-refractivity contribution is 14.1. The van der Waals surface area contributed by atoms with Crippen LogP contribution in [0.1, 0.15) is 24.8 Å². The van der Waals surface area contributed by atoms with Gasteiger partial charge >= 0.3 is 0 Å². The van der Waals surface area contributed by atoms with Crippen molar-refractivity contribution in [2.75, 3.05) is 11.0 Å². The number of ether oxygens (including phenoxy) is 1. The predicted molar refractivity (Wildman–Crippen MR) is 66.8 cm³/mol. The quantitative estimate of drug-likeness (QED) is 0.600. The summed E-state index contributed by atoms with van der Waals surface area (Å²) in [6.45, 7) is 0.915. The Morgan fingerprint density at radius 3 is 2.57 bits per heavy atom. The smallest absolute Gasteiger partial charge is 0.102 e. The summed E-state index contributed by atoms with van der Waals surface area (Å²) in [5.41, 5.74) is 1.34. The maximum absolute atomic E-state index is 5.99. The van der Waals surface area contributed by atoms with Gasteiger partial charge in [-0.2, -0.15) is 0 Å². The van der Waals surface area contributed by atoms with Crippen LogP contribution in [0.15, 0.2) is 30.3 Å². The van der Waals surface area contributed by atoms with Crippen molar-refractivity contribution in [3.05, 3.63) is 35.9 Å². The summed E-state index contributed by atoms with van der Waals surface area (Å²) in [6, 6.07) is 10.6. The van der Waals surface area contributed by atoms with Crippen LogP contribution in [0.5, 0.6) is 0 Å². The molecule has 0 aliphatic carbocycles. The Bertz CT molecular complexity index is 278. The van der Waals surface area contributed by atoms with Gasteiger partial charge in [0, 0.05) is 11.0 Å². The van der Waals surface area contributed by atoms with Gasteiger partial charge < -0.3 is 4.74 Å². The van der Waals surface area contributed by atoms with Crippen LogP contribution in [0.25, 0.3) is 0 Å². The molecule has 1 fully saturated rings. The second-order valence-electron chi connectivity index (χ2n) is 3.80. The van der Waals surface area contributed by atoms with E-state index in [9.17, 15) is 0 Å². The van der Waals surface area contributed by atoms with Gasteiger partial charge in [0.1, 0.15) is 5.60 Å². The van der Waals surface area contributed by atoms with Gasteiger partial charge in [0.15, 0.2) is 0 Å². The Morgan fingerprint density at radius 1 is 1.21 bits per heavy atom. The van der Waals surface area contributed by atoms with E-state index in [-0.39, 0.29) is 5.60 Å². The average Bonchev–Trinajstić information content (AvgIpc) is 2.31. The zero-order valence-electron chi connectivity index (χ0n) is 8.21. The normalized spacial score (nSPS) is 27.5. The molecular formula is C12H15IO. The lowest BCUT2D eigenvalue weighted by Crippen LogP contribution is -2.35. The first kappa shape index (κ1) is 10.4. The van der Waals surface area contributed by atoms with Crippen molar-refractivity contribution >= 4 is 22.6 Å². The van der Waals surface area contributed by atoms with Gasteiger partial charge in [0.25, 0.3) is 0 Å². The lowest BCUT2D eigenvalue weighted by atomic mass is 9.88. The Balaban J connectivity index is 2.27. The summed E-state index contributed by atoms with van der Waals surface area (Å²) < 4.78 is 7.04. The van der Waals surface area contributed by atoms with Crippen molar-refractivity contribution in [2.24, 2.45) is 0 Å². The van der Waals surface area contributed by atoms with Gasteiger partial charge in [-0.15, -0.1) is 0 Å². The third-order valence-electron chi connectivity index (χ3n) is 2.87. The number of alkyl halides is 1. The molecule has 76 valence electrons. The summed E-state index contributed by atoms with van der Waals surface area (Å²) in [5.74, 6) is 0. The summed E-state index contributed by atoms with van der Waals surface area (Å²) in [7, 11) is 0. The van der Waals surface area contributed by atoms with Gasteiger partial charge in [-0.1, -0.05) is 52.9 Å².